The molecule has 1 N–H and O–H groups in total. The molecule has 1 nitrogen and oxygen atoms in total. The molecule has 0 saturated carbocycles. The van der Waals surface area contributed by atoms with Gasteiger partial charge < -0.3 is 5.32 Å². The van der Waals surface area contributed by atoms with Crippen molar-refractivity contribution in [1.29, 1.82) is 0 Å². The van der Waals surface area contributed by atoms with Crippen molar-refractivity contribution in [3.63, 3.8) is 0 Å². The highest BCUT2D eigenvalue weighted by atomic mass is 14.9. The molecule has 17 heavy (non-hydrogen) atoms. The van der Waals surface area contributed by atoms with Crippen molar-refractivity contribution in [1.82, 2.24) is 5.32 Å². The first-order chi connectivity index (χ1) is 8.31. The summed E-state index contributed by atoms with van der Waals surface area (Å²) < 4.78 is 0. The number of terminal acetylenes is 1. The van der Waals surface area contributed by atoms with Crippen molar-refractivity contribution >= 4 is 0 Å². The van der Waals surface area contributed by atoms with Crippen LogP contribution in [-0.2, 0) is 0 Å². The van der Waals surface area contributed by atoms with Gasteiger partial charge in [-0.2, -0.15) is 0 Å². The summed E-state index contributed by atoms with van der Waals surface area (Å²) in [5.74, 6) is 2.69. The average molecular weight is 237 g/mol. The fraction of sp³-hybridized carbons (Fsp3) is 0.875. The highest BCUT2D eigenvalue weighted by molar-refractivity contribution is 4.95. The van der Waals surface area contributed by atoms with E-state index in [4.69, 9.17) is 6.42 Å². The van der Waals surface area contributed by atoms with Crippen LogP contribution in [0.1, 0.15) is 78.1 Å². The Morgan fingerprint density at radius 2 is 1.35 bits per heavy atom. The first-order valence-corrected chi connectivity index (χ1v) is 7.50. The molecular formula is C16H31N. The van der Waals surface area contributed by atoms with E-state index >= 15 is 0 Å². The molecule has 0 saturated heterocycles. The van der Waals surface area contributed by atoms with Crippen LogP contribution >= 0.6 is 0 Å². The molecule has 0 aromatic carbocycles. The van der Waals surface area contributed by atoms with Gasteiger partial charge >= 0.3 is 0 Å². The summed E-state index contributed by atoms with van der Waals surface area (Å²) >= 11 is 0. The topological polar surface area (TPSA) is 12.0 Å². The zero-order valence-electron chi connectivity index (χ0n) is 11.9. The van der Waals surface area contributed by atoms with Gasteiger partial charge in [0.2, 0.25) is 0 Å². The predicted molar refractivity (Wildman–Crippen MR) is 78.1 cm³/mol. The van der Waals surface area contributed by atoms with Crippen LogP contribution in [0.25, 0.3) is 0 Å². The third-order valence-corrected chi connectivity index (χ3v) is 3.23. The molecule has 0 aromatic rings. The van der Waals surface area contributed by atoms with E-state index in [0.29, 0.717) is 0 Å². The van der Waals surface area contributed by atoms with Gasteiger partial charge in [-0.25, -0.2) is 0 Å². The Hall–Kier alpha value is -0.480. The van der Waals surface area contributed by atoms with E-state index in [1.165, 1.54) is 64.2 Å². The van der Waals surface area contributed by atoms with E-state index in [0.717, 1.165) is 6.54 Å². The zero-order valence-corrected chi connectivity index (χ0v) is 11.9. The van der Waals surface area contributed by atoms with Gasteiger partial charge in [-0.1, -0.05) is 70.6 Å². The Balaban J connectivity index is 2.97. The second-order valence-corrected chi connectivity index (χ2v) is 5.02. The normalized spacial score (nSPS) is 12.3. The lowest BCUT2D eigenvalue weighted by atomic mass is 10.1. The minimum Gasteiger partial charge on any atom is -0.304 e. The Morgan fingerprint density at radius 3 is 1.82 bits per heavy atom. The van der Waals surface area contributed by atoms with E-state index in [2.05, 4.69) is 18.2 Å². The maximum absolute atomic E-state index is 5.29. The number of rotatable bonds is 12. The third kappa shape index (κ3) is 13.5. The van der Waals surface area contributed by atoms with Gasteiger partial charge in [0.15, 0.2) is 0 Å². The van der Waals surface area contributed by atoms with E-state index in [1.54, 1.807) is 0 Å². The fourth-order valence-electron chi connectivity index (χ4n) is 1.99. The molecule has 0 aliphatic carbocycles. The van der Waals surface area contributed by atoms with Crippen LogP contribution in [0.15, 0.2) is 0 Å². The standard InChI is InChI=1S/C16H31N/c1-4-6-7-8-9-10-11-12-13-14-15-17-16(3)5-2/h2,16-17H,4,6-15H2,1,3H3. The number of unbranched alkanes of at least 4 members (excludes halogenated alkanes) is 9. The molecule has 0 rings (SSSR count). The lowest BCUT2D eigenvalue weighted by molar-refractivity contribution is 0.538. The van der Waals surface area contributed by atoms with E-state index in [-0.39, 0.29) is 6.04 Å². The minimum absolute atomic E-state index is 0.230. The van der Waals surface area contributed by atoms with Crippen molar-refractivity contribution in [2.45, 2.75) is 84.1 Å². The van der Waals surface area contributed by atoms with Crippen LogP contribution in [0.3, 0.4) is 0 Å². The summed E-state index contributed by atoms with van der Waals surface area (Å²) in [5, 5.41) is 3.32. The number of nitrogens with one attached hydrogen (secondary N) is 1. The second-order valence-electron chi connectivity index (χ2n) is 5.02. The smallest absolute Gasteiger partial charge is 0.0658 e. The van der Waals surface area contributed by atoms with Crippen molar-refractivity contribution < 1.29 is 0 Å². The van der Waals surface area contributed by atoms with E-state index in [9.17, 15) is 0 Å². The van der Waals surface area contributed by atoms with Crippen molar-refractivity contribution in [3.8, 4) is 12.3 Å². The molecule has 0 aromatic heterocycles. The second kappa shape index (κ2) is 13.6. The summed E-state index contributed by atoms with van der Waals surface area (Å²) in [6, 6.07) is 0.230. The highest BCUT2D eigenvalue weighted by Gasteiger charge is 1.95. The highest BCUT2D eigenvalue weighted by Crippen LogP contribution is 2.10. The number of hydrogen-bond acceptors (Lipinski definition) is 1. The molecule has 0 heterocycles. The van der Waals surface area contributed by atoms with Crippen LogP contribution in [0.5, 0.6) is 0 Å². The fourth-order valence-corrected chi connectivity index (χ4v) is 1.99. The van der Waals surface area contributed by atoms with Gasteiger partial charge in [-0.15, -0.1) is 6.42 Å². The Bertz CT molecular complexity index is 180. The summed E-state index contributed by atoms with van der Waals surface area (Å²) in [6.07, 6.45) is 19.2. The molecule has 1 heteroatoms. The molecule has 0 spiro atoms. The summed E-state index contributed by atoms with van der Waals surface area (Å²) in [7, 11) is 0. The Labute approximate surface area is 109 Å². The maximum atomic E-state index is 5.29. The minimum atomic E-state index is 0.230. The van der Waals surface area contributed by atoms with Gasteiger partial charge in [0.25, 0.3) is 0 Å². The molecule has 0 aliphatic heterocycles. The van der Waals surface area contributed by atoms with Crippen molar-refractivity contribution in [3.05, 3.63) is 0 Å². The monoisotopic (exact) mass is 237 g/mol. The van der Waals surface area contributed by atoms with E-state index in [1.807, 2.05) is 6.92 Å². The van der Waals surface area contributed by atoms with Gasteiger partial charge in [0, 0.05) is 0 Å². The molecule has 1 atom stereocenters. The number of hydrogen-bond donors (Lipinski definition) is 1. The maximum Gasteiger partial charge on any atom is 0.0658 e. The third-order valence-electron chi connectivity index (χ3n) is 3.23. The first kappa shape index (κ1) is 16.5. The quantitative estimate of drug-likeness (QED) is 0.389. The summed E-state index contributed by atoms with van der Waals surface area (Å²) in [4.78, 5) is 0. The van der Waals surface area contributed by atoms with Crippen LogP contribution < -0.4 is 5.32 Å². The Kier molecular flexibility index (Phi) is 13.2. The average Bonchev–Trinajstić information content (AvgIpc) is 2.35. The Morgan fingerprint density at radius 1 is 0.882 bits per heavy atom. The van der Waals surface area contributed by atoms with Gasteiger partial charge in [-0.05, 0) is 19.9 Å². The van der Waals surface area contributed by atoms with Crippen molar-refractivity contribution in [2.24, 2.45) is 0 Å². The predicted octanol–water partition coefficient (Wildman–Crippen LogP) is 4.52. The van der Waals surface area contributed by atoms with Crippen LogP contribution in [0.2, 0.25) is 0 Å². The molecule has 0 radical (unpaired) electrons. The molecule has 0 bridgehead atoms. The SMILES string of the molecule is C#CC(C)NCCCCCCCCCCCC. The van der Waals surface area contributed by atoms with Crippen LogP contribution in [0.4, 0.5) is 0 Å². The molecule has 1 unspecified atom stereocenters. The van der Waals surface area contributed by atoms with Gasteiger partial charge in [0.05, 0.1) is 6.04 Å². The van der Waals surface area contributed by atoms with Gasteiger partial charge in [0.1, 0.15) is 0 Å². The first-order valence-electron chi connectivity index (χ1n) is 7.50. The molecule has 0 aliphatic rings. The van der Waals surface area contributed by atoms with Crippen LogP contribution in [-0.4, -0.2) is 12.6 Å². The summed E-state index contributed by atoms with van der Waals surface area (Å²) in [6.45, 7) is 5.38. The molecule has 0 fully saturated rings. The zero-order chi connectivity index (χ0) is 12.8. The van der Waals surface area contributed by atoms with E-state index < -0.39 is 0 Å². The lowest BCUT2D eigenvalue weighted by Gasteiger charge is -2.06. The van der Waals surface area contributed by atoms with Crippen LogP contribution in [0, 0.1) is 12.3 Å². The van der Waals surface area contributed by atoms with Crippen molar-refractivity contribution in [2.75, 3.05) is 6.54 Å². The largest absolute Gasteiger partial charge is 0.304 e. The van der Waals surface area contributed by atoms with Gasteiger partial charge in [-0.3, -0.25) is 0 Å². The lowest BCUT2D eigenvalue weighted by Crippen LogP contribution is -2.25. The molecular weight excluding hydrogens is 206 g/mol. The molecule has 100 valence electrons. The summed E-state index contributed by atoms with van der Waals surface area (Å²) in [5.41, 5.74) is 0. The molecule has 0 amide bonds.